The number of aromatic hydroxyl groups is 1. The Morgan fingerprint density at radius 2 is 1.94 bits per heavy atom. The number of hydrogen-bond acceptors (Lipinski definition) is 7. The molecule has 172 valence electrons. The van der Waals surface area contributed by atoms with Crippen molar-refractivity contribution < 1.29 is 9.50 Å². The Balaban J connectivity index is 1.37. The number of aromatic nitrogens is 4. The molecule has 4 atom stereocenters. The molecule has 2 fully saturated rings. The fraction of sp³-hybridized carbons (Fsp3) is 0.417. The first-order valence-corrected chi connectivity index (χ1v) is 11.1. The van der Waals surface area contributed by atoms with Crippen LogP contribution >= 0.6 is 0 Å². The van der Waals surface area contributed by atoms with E-state index in [-0.39, 0.29) is 23.4 Å². The zero-order valence-electron chi connectivity index (χ0n) is 18.9. The second kappa shape index (κ2) is 8.22. The van der Waals surface area contributed by atoms with Crippen molar-refractivity contribution in [3.8, 4) is 28.4 Å². The summed E-state index contributed by atoms with van der Waals surface area (Å²) in [6.45, 7) is 0. The second-order valence-electron chi connectivity index (χ2n) is 9.00. The summed E-state index contributed by atoms with van der Waals surface area (Å²) in [6, 6.07) is 10.2. The molecule has 5 rings (SSSR count). The van der Waals surface area contributed by atoms with E-state index in [1.54, 1.807) is 31.3 Å². The third kappa shape index (κ3) is 3.66. The molecule has 0 aliphatic carbocycles. The van der Waals surface area contributed by atoms with Crippen LogP contribution in [0.25, 0.3) is 22.6 Å². The zero-order valence-corrected chi connectivity index (χ0v) is 18.9. The van der Waals surface area contributed by atoms with Crippen molar-refractivity contribution in [1.82, 2.24) is 24.6 Å². The van der Waals surface area contributed by atoms with E-state index in [1.807, 2.05) is 25.1 Å². The molecule has 0 radical (unpaired) electrons. The van der Waals surface area contributed by atoms with Crippen LogP contribution in [0.5, 0.6) is 5.75 Å². The van der Waals surface area contributed by atoms with Gasteiger partial charge in [0.1, 0.15) is 17.7 Å². The molecule has 1 N–H and O–H groups in total. The molecule has 9 heteroatoms. The van der Waals surface area contributed by atoms with Crippen LogP contribution < -0.4 is 10.5 Å². The number of halogens is 1. The Hall–Kier alpha value is -3.33. The number of piperidine rings is 1. The third-order valence-electron chi connectivity index (χ3n) is 7.25. The predicted octanol–water partition coefficient (Wildman–Crippen LogP) is 2.62. The van der Waals surface area contributed by atoms with Crippen LogP contribution in [-0.2, 0) is 7.05 Å². The van der Waals surface area contributed by atoms with Crippen molar-refractivity contribution >= 4 is 5.82 Å². The van der Waals surface area contributed by atoms with Gasteiger partial charge < -0.3 is 10.0 Å². The van der Waals surface area contributed by atoms with Gasteiger partial charge in [0.05, 0.1) is 11.7 Å². The Kier molecular flexibility index (Phi) is 5.36. The largest absolute Gasteiger partial charge is 0.507 e. The molecule has 0 amide bonds. The van der Waals surface area contributed by atoms with Crippen molar-refractivity contribution in [2.45, 2.75) is 43.6 Å². The quantitative estimate of drug-likeness (QED) is 0.654. The van der Waals surface area contributed by atoms with Crippen molar-refractivity contribution in [2.75, 3.05) is 19.0 Å². The highest BCUT2D eigenvalue weighted by Gasteiger charge is 2.47. The molecule has 2 aromatic heterocycles. The minimum Gasteiger partial charge on any atom is -0.507 e. The number of anilines is 1. The van der Waals surface area contributed by atoms with Gasteiger partial charge in [-0.2, -0.15) is 0 Å². The molecular formula is C24H27FN6O2. The van der Waals surface area contributed by atoms with Gasteiger partial charge in [-0.25, -0.2) is 9.37 Å². The Morgan fingerprint density at radius 1 is 1.12 bits per heavy atom. The minimum absolute atomic E-state index is 0.0109. The molecule has 0 saturated carbocycles. The lowest BCUT2D eigenvalue weighted by molar-refractivity contribution is 0.0701. The van der Waals surface area contributed by atoms with Gasteiger partial charge in [-0.3, -0.25) is 14.3 Å². The Labute approximate surface area is 191 Å². The van der Waals surface area contributed by atoms with Crippen molar-refractivity contribution in [3.05, 3.63) is 52.9 Å². The van der Waals surface area contributed by atoms with Gasteiger partial charge in [0.2, 0.25) is 0 Å². The molecular weight excluding hydrogens is 423 g/mol. The topological polar surface area (TPSA) is 87.4 Å². The molecule has 0 unspecified atom stereocenters. The van der Waals surface area contributed by atoms with Gasteiger partial charge in [-0.15, -0.1) is 10.2 Å². The molecule has 1 aromatic carbocycles. The molecule has 8 nitrogen and oxygen atoms in total. The third-order valence-corrected chi connectivity index (χ3v) is 7.25. The van der Waals surface area contributed by atoms with Gasteiger partial charge in [0, 0.05) is 49.6 Å². The highest BCUT2D eigenvalue weighted by atomic mass is 19.1. The van der Waals surface area contributed by atoms with Crippen molar-refractivity contribution in [1.29, 1.82) is 0 Å². The molecule has 33 heavy (non-hydrogen) atoms. The molecule has 3 aromatic rings. The number of rotatable bonds is 4. The summed E-state index contributed by atoms with van der Waals surface area (Å²) in [4.78, 5) is 20.2. The summed E-state index contributed by atoms with van der Waals surface area (Å²) in [6.07, 6.45) is 3.23. The lowest BCUT2D eigenvalue weighted by Crippen LogP contribution is -2.56. The first-order valence-electron chi connectivity index (χ1n) is 11.1. The van der Waals surface area contributed by atoms with E-state index < -0.39 is 6.17 Å². The maximum Gasteiger partial charge on any atom is 0.253 e. The van der Waals surface area contributed by atoms with Crippen LogP contribution in [0.15, 0.2) is 47.4 Å². The average Bonchev–Trinajstić information content (AvgIpc) is 3.08. The van der Waals surface area contributed by atoms with Gasteiger partial charge in [-0.05, 0) is 50.6 Å². The van der Waals surface area contributed by atoms with Crippen LogP contribution in [-0.4, -0.2) is 68.1 Å². The van der Waals surface area contributed by atoms with Crippen LogP contribution in [0, 0.1) is 0 Å². The first-order chi connectivity index (χ1) is 15.8. The first kappa shape index (κ1) is 21.5. The van der Waals surface area contributed by atoms with Crippen LogP contribution in [0.2, 0.25) is 0 Å². The summed E-state index contributed by atoms with van der Waals surface area (Å²) in [5.41, 5.74) is 1.46. The highest BCUT2D eigenvalue weighted by molar-refractivity contribution is 5.72. The van der Waals surface area contributed by atoms with E-state index in [0.29, 0.717) is 34.5 Å². The number of fused-ring (bicyclic) bond motifs is 2. The smallest absolute Gasteiger partial charge is 0.253 e. The maximum absolute atomic E-state index is 15.2. The number of nitrogens with zero attached hydrogens (tertiary/aromatic N) is 6. The monoisotopic (exact) mass is 450 g/mol. The van der Waals surface area contributed by atoms with E-state index in [0.717, 1.165) is 19.3 Å². The molecule has 2 saturated heterocycles. The van der Waals surface area contributed by atoms with E-state index >= 15 is 4.39 Å². The van der Waals surface area contributed by atoms with Crippen molar-refractivity contribution in [3.63, 3.8) is 0 Å². The number of benzene rings is 1. The number of phenolic OH excluding ortho intramolecular Hbond substituents is 1. The minimum atomic E-state index is -0.931. The Bertz CT molecular complexity index is 1230. The standard InChI is InChI=1S/C24H27FN6O2/c1-29-15-5-8-18(29)23(25)19(13-15)30(2)21-9-7-17(27-28-21)16-6-4-14(12-20(16)32)24-26-11-10-22(33)31(24)3/h4,6-7,9-12,15,18-19,23,32H,5,8,13H2,1-3H3/t15-,18+,19-,23-/m1/s1. The molecule has 2 aliphatic heterocycles. The second-order valence-corrected chi connectivity index (χ2v) is 9.00. The lowest BCUT2D eigenvalue weighted by atomic mass is 9.95. The van der Waals surface area contributed by atoms with Gasteiger partial charge in [-0.1, -0.05) is 6.07 Å². The molecule has 0 spiro atoms. The molecule has 2 aliphatic rings. The van der Waals surface area contributed by atoms with Crippen LogP contribution in [0.4, 0.5) is 10.2 Å². The van der Waals surface area contributed by atoms with Gasteiger partial charge in [0.25, 0.3) is 5.56 Å². The molecule has 2 bridgehead atoms. The summed E-state index contributed by atoms with van der Waals surface area (Å²) in [7, 11) is 5.52. The SMILES string of the molecule is CN(c1ccc(-c2ccc(-c3nccc(=O)n3C)cc2O)nn1)[C@@H]1C[C@H]2CC[C@@H]([C@H]1F)N2C. The summed E-state index contributed by atoms with van der Waals surface area (Å²) in [5.74, 6) is 1.08. The maximum atomic E-state index is 15.2. The summed E-state index contributed by atoms with van der Waals surface area (Å²) < 4.78 is 16.6. The number of hydrogen-bond donors (Lipinski definition) is 1. The summed E-state index contributed by atoms with van der Waals surface area (Å²) >= 11 is 0. The summed E-state index contributed by atoms with van der Waals surface area (Å²) in [5, 5.41) is 19.3. The van der Waals surface area contributed by atoms with Crippen molar-refractivity contribution in [2.24, 2.45) is 7.05 Å². The predicted molar refractivity (Wildman–Crippen MR) is 124 cm³/mol. The lowest BCUT2D eigenvalue weighted by Gasteiger charge is -2.43. The molecule has 4 heterocycles. The zero-order chi connectivity index (χ0) is 23.3. The highest BCUT2D eigenvalue weighted by Crippen LogP contribution is 2.39. The number of phenols is 1. The normalized spacial score (nSPS) is 24.7. The van der Waals surface area contributed by atoms with E-state index in [2.05, 4.69) is 20.1 Å². The van der Waals surface area contributed by atoms with Gasteiger partial charge in [0.15, 0.2) is 5.82 Å². The van der Waals surface area contributed by atoms with Crippen LogP contribution in [0.3, 0.4) is 0 Å². The van der Waals surface area contributed by atoms with E-state index in [4.69, 9.17) is 0 Å². The number of alkyl halides is 1. The van der Waals surface area contributed by atoms with E-state index in [1.165, 1.54) is 16.8 Å². The van der Waals surface area contributed by atoms with Gasteiger partial charge >= 0.3 is 0 Å². The fourth-order valence-electron chi connectivity index (χ4n) is 5.20. The Morgan fingerprint density at radius 3 is 2.67 bits per heavy atom. The van der Waals surface area contributed by atoms with E-state index in [9.17, 15) is 9.90 Å². The fourth-order valence-corrected chi connectivity index (χ4v) is 5.20. The average molecular weight is 451 g/mol. The van der Waals surface area contributed by atoms with Crippen LogP contribution in [0.1, 0.15) is 19.3 Å².